The molecule has 0 bridgehead atoms. The Hall–Kier alpha value is -1.06. The molecule has 1 amide bonds. The van der Waals surface area contributed by atoms with Gasteiger partial charge in [0.05, 0.1) is 0 Å². The predicted octanol–water partition coefficient (Wildman–Crippen LogP) is 3.97. The Kier molecular flexibility index (Phi) is 7.91. The van der Waals surface area contributed by atoms with Crippen LogP contribution in [0, 0.1) is 5.92 Å². The minimum absolute atomic E-state index is 0. The van der Waals surface area contributed by atoms with Gasteiger partial charge in [-0.15, -0.1) is 12.4 Å². The van der Waals surface area contributed by atoms with E-state index in [0.29, 0.717) is 18.3 Å². The first-order valence-electron chi connectivity index (χ1n) is 8.15. The van der Waals surface area contributed by atoms with Crippen molar-refractivity contribution in [2.24, 2.45) is 5.92 Å². The van der Waals surface area contributed by atoms with E-state index in [4.69, 9.17) is 0 Å². The maximum atomic E-state index is 12.3. The number of anilines is 1. The van der Waals surface area contributed by atoms with Gasteiger partial charge in [0.1, 0.15) is 0 Å². The van der Waals surface area contributed by atoms with Crippen LogP contribution in [0.5, 0.6) is 0 Å². The molecule has 1 aromatic rings. The van der Waals surface area contributed by atoms with E-state index in [9.17, 15) is 4.79 Å². The van der Waals surface area contributed by atoms with E-state index in [0.717, 1.165) is 25.2 Å². The number of nitrogens with zero attached hydrogens (tertiary/aromatic N) is 1. The van der Waals surface area contributed by atoms with Crippen LogP contribution in [-0.4, -0.2) is 26.0 Å². The second-order valence-corrected chi connectivity index (χ2v) is 6.43. The van der Waals surface area contributed by atoms with Crippen LogP contribution in [-0.2, 0) is 4.79 Å². The van der Waals surface area contributed by atoms with Gasteiger partial charge in [0.2, 0.25) is 5.91 Å². The van der Waals surface area contributed by atoms with Crippen molar-refractivity contribution in [3.63, 3.8) is 0 Å². The van der Waals surface area contributed by atoms with Gasteiger partial charge in [-0.2, -0.15) is 0 Å². The Morgan fingerprint density at radius 2 is 1.82 bits per heavy atom. The smallest absolute Gasteiger partial charge is 0.226 e. The zero-order valence-electron chi connectivity index (χ0n) is 14.0. The Morgan fingerprint density at radius 3 is 2.36 bits per heavy atom. The average molecular weight is 325 g/mol. The molecule has 0 spiro atoms. The van der Waals surface area contributed by atoms with Crippen LogP contribution in [0.4, 0.5) is 5.69 Å². The van der Waals surface area contributed by atoms with Gasteiger partial charge in [0, 0.05) is 19.2 Å². The first-order chi connectivity index (χ1) is 10.1. The number of benzene rings is 1. The molecule has 1 saturated heterocycles. The summed E-state index contributed by atoms with van der Waals surface area (Å²) in [6.07, 6.45) is 4.10. The molecule has 2 rings (SSSR count). The second kappa shape index (κ2) is 9.16. The quantitative estimate of drug-likeness (QED) is 0.888. The molecule has 1 N–H and O–H groups in total. The summed E-state index contributed by atoms with van der Waals surface area (Å²) in [7, 11) is 1.88. The highest BCUT2D eigenvalue weighted by atomic mass is 35.5. The zero-order valence-corrected chi connectivity index (χ0v) is 14.8. The van der Waals surface area contributed by atoms with Crippen LogP contribution in [0.1, 0.15) is 51.0 Å². The van der Waals surface area contributed by atoms with Crippen LogP contribution >= 0.6 is 12.4 Å². The fourth-order valence-electron chi connectivity index (χ4n) is 2.89. The Labute approximate surface area is 140 Å². The lowest BCUT2D eigenvalue weighted by Gasteiger charge is -2.24. The van der Waals surface area contributed by atoms with Crippen LogP contribution in [0.3, 0.4) is 0 Å². The molecule has 1 aromatic carbocycles. The van der Waals surface area contributed by atoms with Crippen LogP contribution < -0.4 is 10.2 Å². The van der Waals surface area contributed by atoms with Gasteiger partial charge >= 0.3 is 0 Å². The number of hydrogen-bond donors (Lipinski definition) is 1. The molecule has 22 heavy (non-hydrogen) atoms. The Morgan fingerprint density at radius 1 is 1.23 bits per heavy atom. The second-order valence-electron chi connectivity index (χ2n) is 6.43. The van der Waals surface area contributed by atoms with E-state index in [2.05, 4.69) is 43.4 Å². The van der Waals surface area contributed by atoms with Gasteiger partial charge < -0.3 is 10.2 Å². The number of hydrogen-bond acceptors (Lipinski definition) is 2. The summed E-state index contributed by atoms with van der Waals surface area (Å²) in [6, 6.07) is 8.35. The summed E-state index contributed by atoms with van der Waals surface area (Å²) in [5.74, 6) is 1.47. The highest BCUT2D eigenvalue weighted by Crippen LogP contribution is 2.22. The van der Waals surface area contributed by atoms with Gasteiger partial charge in [-0.25, -0.2) is 0 Å². The van der Waals surface area contributed by atoms with Gasteiger partial charge in [-0.1, -0.05) is 26.0 Å². The number of amides is 1. The van der Waals surface area contributed by atoms with Crippen molar-refractivity contribution in [1.82, 2.24) is 5.32 Å². The first-order valence-corrected chi connectivity index (χ1v) is 8.15. The van der Waals surface area contributed by atoms with Crippen LogP contribution in [0.2, 0.25) is 0 Å². The number of nitrogens with one attached hydrogen (secondary N) is 1. The number of carbonyl (C=O) groups excluding carboxylic acids is 1. The number of carbonyl (C=O) groups is 1. The summed E-state index contributed by atoms with van der Waals surface area (Å²) in [5, 5.41) is 3.37. The van der Waals surface area contributed by atoms with Gasteiger partial charge in [-0.3, -0.25) is 4.79 Å². The standard InChI is InChI=1S/C18H28N2O.ClH/c1-14(2)16-5-7-17(8-6-16)20(3)18(21)9-4-15-10-12-19-13-11-15;/h5-8,14-15,19H,4,9-13H2,1-3H3;1H. The van der Waals surface area contributed by atoms with Crippen molar-refractivity contribution in [3.05, 3.63) is 29.8 Å². The number of rotatable bonds is 5. The minimum Gasteiger partial charge on any atom is -0.317 e. The van der Waals surface area contributed by atoms with Crippen LogP contribution in [0.15, 0.2) is 24.3 Å². The van der Waals surface area contributed by atoms with Gasteiger partial charge in [0.15, 0.2) is 0 Å². The minimum atomic E-state index is 0. The Bertz CT molecular complexity index is 453. The maximum Gasteiger partial charge on any atom is 0.226 e. The molecule has 0 unspecified atom stereocenters. The summed E-state index contributed by atoms with van der Waals surface area (Å²) in [4.78, 5) is 14.1. The molecule has 0 radical (unpaired) electrons. The molecule has 0 saturated carbocycles. The van der Waals surface area contributed by atoms with Crippen molar-refractivity contribution in [3.8, 4) is 0 Å². The first kappa shape index (κ1) is 19.0. The predicted molar refractivity (Wildman–Crippen MR) is 96.0 cm³/mol. The third-order valence-corrected chi connectivity index (χ3v) is 4.55. The van der Waals surface area contributed by atoms with E-state index < -0.39 is 0 Å². The van der Waals surface area contributed by atoms with Crippen LogP contribution in [0.25, 0.3) is 0 Å². The van der Waals surface area contributed by atoms with Crippen molar-refractivity contribution in [2.75, 3.05) is 25.0 Å². The zero-order chi connectivity index (χ0) is 15.2. The fraction of sp³-hybridized carbons (Fsp3) is 0.611. The SMILES string of the molecule is CC(C)c1ccc(N(C)C(=O)CCC2CCNCC2)cc1.Cl. The molecule has 1 fully saturated rings. The molecule has 4 heteroatoms. The molecule has 3 nitrogen and oxygen atoms in total. The van der Waals surface area contributed by atoms with E-state index in [1.807, 2.05) is 7.05 Å². The van der Waals surface area contributed by atoms with Crippen molar-refractivity contribution in [1.29, 1.82) is 0 Å². The monoisotopic (exact) mass is 324 g/mol. The summed E-state index contributed by atoms with van der Waals surface area (Å²) < 4.78 is 0. The largest absolute Gasteiger partial charge is 0.317 e. The highest BCUT2D eigenvalue weighted by molar-refractivity contribution is 5.92. The van der Waals surface area contributed by atoms with Gasteiger partial charge in [-0.05, 0) is 61.9 Å². The lowest BCUT2D eigenvalue weighted by atomic mass is 9.93. The fourth-order valence-corrected chi connectivity index (χ4v) is 2.89. The lowest BCUT2D eigenvalue weighted by Crippen LogP contribution is -2.30. The summed E-state index contributed by atoms with van der Waals surface area (Å²) in [5.41, 5.74) is 2.31. The molecular formula is C18H29ClN2O. The van der Waals surface area contributed by atoms with E-state index in [-0.39, 0.29) is 18.3 Å². The molecule has 0 aromatic heterocycles. The van der Waals surface area contributed by atoms with E-state index in [1.54, 1.807) is 4.90 Å². The number of halogens is 1. The highest BCUT2D eigenvalue weighted by Gasteiger charge is 2.17. The average Bonchev–Trinajstić information content (AvgIpc) is 2.53. The number of piperidine rings is 1. The molecule has 1 aliphatic heterocycles. The summed E-state index contributed by atoms with van der Waals surface area (Å²) in [6.45, 7) is 6.57. The van der Waals surface area contributed by atoms with Crippen molar-refractivity contribution in [2.45, 2.75) is 45.4 Å². The molecule has 1 heterocycles. The van der Waals surface area contributed by atoms with Gasteiger partial charge in [0.25, 0.3) is 0 Å². The molecule has 0 atom stereocenters. The normalized spacial score (nSPS) is 15.5. The van der Waals surface area contributed by atoms with E-state index >= 15 is 0 Å². The molecular weight excluding hydrogens is 296 g/mol. The maximum absolute atomic E-state index is 12.3. The van der Waals surface area contributed by atoms with Crippen molar-refractivity contribution < 1.29 is 4.79 Å². The molecule has 0 aliphatic carbocycles. The molecule has 124 valence electrons. The Balaban J connectivity index is 0.00000242. The molecule has 1 aliphatic rings. The summed E-state index contributed by atoms with van der Waals surface area (Å²) >= 11 is 0. The third kappa shape index (κ3) is 5.29. The topological polar surface area (TPSA) is 32.3 Å². The van der Waals surface area contributed by atoms with Crippen molar-refractivity contribution >= 4 is 24.0 Å². The van der Waals surface area contributed by atoms with E-state index in [1.165, 1.54) is 18.4 Å². The third-order valence-electron chi connectivity index (χ3n) is 4.55. The lowest BCUT2D eigenvalue weighted by molar-refractivity contribution is -0.118.